The predicted molar refractivity (Wildman–Crippen MR) is 77.5 cm³/mol. The first-order chi connectivity index (χ1) is 10.6. The maximum Gasteiger partial charge on any atom is 0.318 e. The van der Waals surface area contributed by atoms with Crippen LogP contribution in [0, 0.1) is 23.2 Å². The minimum absolute atomic E-state index is 0.154. The van der Waals surface area contributed by atoms with E-state index in [-0.39, 0.29) is 11.8 Å². The van der Waals surface area contributed by atoms with Crippen LogP contribution in [0.1, 0.15) is 25.7 Å². The van der Waals surface area contributed by atoms with Gasteiger partial charge in [-0.2, -0.15) is 0 Å². The summed E-state index contributed by atoms with van der Waals surface area (Å²) in [7, 11) is 0. The predicted octanol–water partition coefficient (Wildman–Crippen LogP) is 2.13. The molecule has 0 spiro atoms. The lowest BCUT2D eigenvalue weighted by molar-refractivity contribution is -0.157. The van der Waals surface area contributed by atoms with Crippen LogP contribution in [0.15, 0.2) is 30.3 Å². The summed E-state index contributed by atoms with van der Waals surface area (Å²) in [6, 6.07) is 9.21. The van der Waals surface area contributed by atoms with Crippen molar-refractivity contribution in [3.05, 3.63) is 30.3 Å². The van der Waals surface area contributed by atoms with Crippen LogP contribution in [0.5, 0.6) is 0 Å². The molecule has 0 aromatic heterocycles. The van der Waals surface area contributed by atoms with Gasteiger partial charge in [-0.25, -0.2) is 0 Å². The minimum Gasteiger partial charge on any atom is -0.393 e. The number of anilines is 1. The second kappa shape index (κ2) is 4.66. The molecule has 1 aliphatic heterocycles. The van der Waals surface area contributed by atoms with Gasteiger partial charge in [0.15, 0.2) is 0 Å². The van der Waals surface area contributed by atoms with Gasteiger partial charge in [-0.3, -0.25) is 14.4 Å². The van der Waals surface area contributed by atoms with Crippen LogP contribution in [-0.4, -0.2) is 17.8 Å². The Morgan fingerprint density at radius 1 is 1.09 bits per heavy atom. The van der Waals surface area contributed by atoms with Gasteiger partial charge in [0.2, 0.25) is 5.91 Å². The Morgan fingerprint density at radius 3 is 2.45 bits per heavy atom. The lowest BCUT2D eigenvalue weighted by atomic mass is 9.51. The fraction of sp³-hybridized carbons (Fsp3) is 0.471. The number of para-hydroxylation sites is 1. The van der Waals surface area contributed by atoms with Crippen molar-refractivity contribution in [1.29, 1.82) is 0 Å². The summed E-state index contributed by atoms with van der Waals surface area (Å²) in [5.41, 5.74) is -0.0813. The van der Waals surface area contributed by atoms with Crippen molar-refractivity contribution in [1.82, 2.24) is 0 Å². The molecule has 4 fully saturated rings. The molecule has 0 unspecified atom stereocenters. The average molecular weight is 299 g/mol. The quantitative estimate of drug-likeness (QED) is 0.670. The highest BCUT2D eigenvalue weighted by atomic mass is 16.6. The summed E-state index contributed by atoms with van der Waals surface area (Å²) < 4.78 is 4.86. The molecule has 1 amide bonds. The normalized spacial score (nSPS) is 35.9. The standard InChI is InChI=1S/C17H17NO4/c19-14-12-10-6-8-17(9-7-10,13(12)15(20)22-14)16(21)18-11-4-2-1-3-5-11/h1-5,10,12-13H,6-9H2,(H,18,21)/t10?,12-,13-,17?/m0/s1. The molecule has 1 aromatic rings. The number of carbonyl (C=O) groups is 3. The molecular formula is C17H17NO4. The van der Waals surface area contributed by atoms with Crippen molar-refractivity contribution in [2.75, 3.05) is 5.32 Å². The van der Waals surface area contributed by atoms with E-state index in [1.165, 1.54) is 0 Å². The van der Waals surface area contributed by atoms with E-state index in [9.17, 15) is 14.4 Å². The lowest BCUT2D eigenvalue weighted by Crippen LogP contribution is -2.55. The van der Waals surface area contributed by atoms with E-state index < -0.39 is 29.2 Å². The highest BCUT2D eigenvalue weighted by Gasteiger charge is 2.66. The summed E-state index contributed by atoms with van der Waals surface area (Å²) in [4.78, 5) is 37.0. The summed E-state index contributed by atoms with van der Waals surface area (Å²) in [5.74, 6) is -1.93. The second-order valence-corrected chi connectivity index (χ2v) is 6.56. The number of amides is 1. The van der Waals surface area contributed by atoms with Crippen LogP contribution in [0.4, 0.5) is 5.69 Å². The van der Waals surface area contributed by atoms with Crippen LogP contribution in [-0.2, 0) is 19.1 Å². The summed E-state index contributed by atoms with van der Waals surface area (Å²) >= 11 is 0. The average Bonchev–Trinajstić information content (AvgIpc) is 2.87. The number of cyclic esters (lactones) is 2. The van der Waals surface area contributed by atoms with E-state index >= 15 is 0 Å². The third-order valence-corrected chi connectivity index (χ3v) is 5.60. The largest absolute Gasteiger partial charge is 0.393 e. The molecule has 5 rings (SSSR count). The summed E-state index contributed by atoms with van der Waals surface area (Å²) in [6.07, 6.45) is 2.93. The first-order valence-electron chi connectivity index (χ1n) is 7.74. The van der Waals surface area contributed by atoms with Crippen LogP contribution in [0.2, 0.25) is 0 Å². The Morgan fingerprint density at radius 2 is 1.77 bits per heavy atom. The van der Waals surface area contributed by atoms with Crippen molar-refractivity contribution >= 4 is 23.5 Å². The van der Waals surface area contributed by atoms with E-state index in [2.05, 4.69) is 5.32 Å². The molecule has 3 saturated carbocycles. The molecule has 114 valence electrons. The number of benzene rings is 1. The van der Waals surface area contributed by atoms with Crippen molar-refractivity contribution in [2.45, 2.75) is 25.7 Å². The van der Waals surface area contributed by atoms with Crippen LogP contribution in [0.3, 0.4) is 0 Å². The second-order valence-electron chi connectivity index (χ2n) is 6.56. The molecule has 1 heterocycles. The number of hydrogen-bond acceptors (Lipinski definition) is 4. The fourth-order valence-electron chi connectivity index (χ4n) is 4.52. The molecule has 2 bridgehead atoms. The zero-order valence-corrected chi connectivity index (χ0v) is 12.1. The van der Waals surface area contributed by atoms with Gasteiger partial charge in [-0.05, 0) is 43.7 Å². The number of nitrogens with one attached hydrogen (secondary N) is 1. The number of hydrogen-bond donors (Lipinski definition) is 1. The Bertz CT molecular complexity index is 646. The Balaban J connectivity index is 1.68. The number of esters is 2. The first-order valence-corrected chi connectivity index (χ1v) is 7.74. The SMILES string of the molecule is O=C1OC(=O)[C@H]2C3CCC(C(=O)Nc4ccccc4)(CC3)[C@H]12. The molecule has 4 aliphatic rings. The summed E-state index contributed by atoms with van der Waals surface area (Å²) in [5, 5.41) is 2.92. The first kappa shape index (κ1) is 13.5. The number of rotatable bonds is 2. The van der Waals surface area contributed by atoms with E-state index in [1.807, 2.05) is 30.3 Å². The zero-order valence-electron chi connectivity index (χ0n) is 12.1. The Hall–Kier alpha value is -2.17. The fourth-order valence-corrected chi connectivity index (χ4v) is 4.52. The van der Waals surface area contributed by atoms with Gasteiger partial charge in [-0.1, -0.05) is 18.2 Å². The Kier molecular flexibility index (Phi) is 2.86. The van der Waals surface area contributed by atoms with E-state index in [0.717, 1.165) is 12.8 Å². The van der Waals surface area contributed by atoms with Gasteiger partial charge < -0.3 is 10.1 Å². The molecule has 2 atom stereocenters. The molecular weight excluding hydrogens is 282 g/mol. The van der Waals surface area contributed by atoms with Crippen molar-refractivity contribution in [3.63, 3.8) is 0 Å². The van der Waals surface area contributed by atoms with Gasteiger partial charge in [0.05, 0.1) is 17.3 Å². The minimum atomic E-state index is -0.793. The van der Waals surface area contributed by atoms with E-state index in [1.54, 1.807) is 0 Å². The topological polar surface area (TPSA) is 72.5 Å². The lowest BCUT2D eigenvalue weighted by Gasteiger charge is -2.49. The third kappa shape index (κ3) is 1.74. The highest BCUT2D eigenvalue weighted by molar-refractivity contribution is 6.04. The molecule has 5 heteroatoms. The molecule has 5 nitrogen and oxygen atoms in total. The number of ether oxygens (including phenoxy) is 1. The molecule has 3 aliphatic carbocycles. The van der Waals surface area contributed by atoms with Crippen LogP contribution < -0.4 is 5.32 Å². The molecule has 1 saturated heterocycles. The van der Waals surface area contributed by atoms with E-state index in [4.69, 9.17) is 4.74 Å². The monoisotopic (exact) mass is 299 g/mol. The van der Waals surface area contributed by atoms with E-state index in [0.29, 0.717) is 18.5 Å². The zero-order chi connectivity index (χ0) is 15.3. The molecule has 1 N–H and O–H groups in total. The van der Waals surface area contributed by atoms with Gasteiger partial charge in [0.1, 0.15) is 0 Å². The molecule has 22 heavy (non-hydrogen) atoms. The van der Waals surface area contributed by atoms with Gasteiger partial charge in [0.25, 0.3) is 0 Å². The molecule has 0 radical (unpaired) electrons. The number of fused-ring (bicyclic) bond motifs is 2. The van der Waals surface area contributed by atoms with Gasteiger partial charge >= 0.3 is 11.9 Å². The van der Waals surface area contributed by atoms with Crippen LogP contribution in [0.25, 0.3) is 0 Å². The van der Waals surface area contributed by atoms with Gasteiger partial charge in [-0.15, -0.1) is 0 Å². The molecule has 1 aromatic carbocycles. The Labute approximate surface area is 128 Å². The highest BCUT2D eigenvalue weighted by Crippen LogP contribution is 2.59. The van der Waals surface area contributed by atoms with Crippen molar-refractivity contribution < 1.29 is 19.1 Å². The third-order valence-electron chi connectivity index (χ3n) is 5.60. The van der Waals surface area contributed by atoms with Gasteiger partial charge in [0, 0.05) is 5.69 Å². The van der Waals surface area contributed by atoms with Crippen molar-refractivity contribution in [2.24, 2.45) is 23.2 Å². The van der Waals surface area contributed by atoms with Crippen molar-refractivity contribution in [3.8, 4) is 0 Å². The maximum atomic E-state index is 12.9. The maximum absolute atomic E-state index is 12.9. The van der Waals surface area contributed by atoms with Crippen LogP contribution >= 0.6 is 0 Å². The smallest absolute Gasteiger partial charge is 0.318 e. The number of carbonyl (C=O) groups excluding carboxylic acids is 3. The summed E-state index contributed by atoms with van der Waals surface area (Å²) in [6.45, 7) is 0.